The molecule has 1 aromatic rings. The first-order valence-corrected chi connectivity index (χ1v) is 3.47. The van der Waals surface area contributed by atoms with Crippen molar-refractivity contribution in [2.75, 3.05) is 0 Å². The summed E-state index contributed by atoms with van der Waals surface area (Å²) in [4.78, 5) is 0. The van der Waals surface area contributed by atoms with Crippen molar-refractivity contribution in [2.45, 2.75) is 0 Å². The highest BCUT2D eigenvalue weighted by atomic mass is 35.5. The predicted octanol–water partition coefficient (Wildman–Crippen LogP) is 2.36. The third-order valence-electron chi connectivity index (χ3n) is 1.39. The number of halogens is 3. The summed E-state index contributed by atoms with van der Waals surface area (Å²) >= 11 is 5.28. The molecule has 1 rings (SSSR count). The van der Waals surface area contributed by atoms with E-state index in [1.54, 1.807) is 0 Å². The predicted molar refractivity (Wildman–Crippen MR) is 40.8 cm³/mol. The Morgan fingerprint density at radius 2 is 1.85 bits per heavy atom. The Labute approximate surface area is 77.6 Å². The zero-order valence-corrected chi connectivity index (χ0v) is 6.86. The summed E-state index contributed by atoms with van der Waals surface area (Å²) in [6.07, 6.45) is 0. The molecule has 64 valence electrons. The fourth-order valence-electron chi connectivity index (χ4n) is 0.783. The lowest BCUT2D eigenvalue weighted by Crippen LogP contribution is -1.94. The number of hydrogen-bond acceptors (Lipinski definition) is 2. The van der Waals surface area contributed by atoms with Gasteiger partial charge >= 0.3 is 0 Å². The van der Waals surface area contributed by atoms with Crippen molar-refractivity contribution in [1.82, 2.24) is 0 Å². The zero-order valence-electron chi connectivity index (χ0n) is 6.11. The van der Waals surface area contributed by atoms with E-state index in [0.717, 1.165) is 0 Å². The lowest BCUT2D eigenvalue weighted by Gasteiger charge is -1.99. The van der Waals surface area contributed by atoms with Gasteiger partial charge in [-0.25, -0.2) is 8.78 Å². The van der Waals surface area contributed by atoms with Gasteiger partial charge in [0.2, 0.25) is 0 Å². The maximum absolute atomic E-state index is 13.0. The molecule has 0 fully saturated rings. The molecule has 1 aromatic carbocycles. The van der Waals surface area contributed by atoms with Gasteiger partial charge in [-0.2, -0.15) is 10.5 Å². The molecule has 0 radical (unpaired) electrons. The van der Waals surface area contributed by atoms with Crippen LogP contribution < -0.4 is 0 Å². The fraction of sp³-hybridized carbons (Fsp3) is 0. The van der Waals surface area contributed by atoms with Crippen LogP contribution in [0.1, 0.15) is 11.1 Å². The van der Waals surface area contributed by atoms with Crippen molar-refractivity contribution >= 4 is 11.6 Å². The van der Waals surface area contributed by atoms with E-state index in [9.17, 15) is 8.78 Å². The van der Waals surface area contributed by atoms with Crippen LogP contribution in [-0.2, 0) is 0 Å². The molecule has 0 heterocycles. The molecule has 0 N–H and O–H groups in total. The standard InChI is InChI=1S/C8HClF2N2/c9-7-5(3-13)8(11)4(2-12)1-6(7)10/h1H. The first-order valence-electron chi connectivity index (χ1n) is 3.09. The molecule has 5 heteroatoms. The summed E-state index contributed by atoms with van der Waals surface area (Å²) in [6, 6.07) is 3.45. The lowest BCUT2D eigenvalue weighted by molar-refractivity contribution is 0.594. The molecular weight excluding hydrogens is 198 g/mol. The molecule has 0 aliphatic rings. The first-order chi connectivity index (χ1) is 6.11. The van der Waals surface area contributed by atoms with Crippen LogP contribution in [0.3, 0.4) is 0 Å². The highest BCUT2D eigenvalue weighted by Gasteiger charge is 2.16. The molecule has 0 amide bonds. The summed E-state index contributed by atoms with van der Waals surface area (Å²) in [5, 5.41) is 16.1. The van der Waals surface area contributed by atoms with Crippen molar-refractivity contribution in [2.24, 2.45) is 0 Å². The van der Waals surface area contributed by atoms with Crippen LogP contribution >= 0.6 is 11.6 Å². The van der Waals surface area contributed by atoms with Crippen molar-refractivity contribution in [1.29, 1.82) is 10.5 Å². The average Bonchev–Trinajstić information content (AvgIpc) is 2.12. The molecule has 0 aliphatic carbocycles. The van der Waals surface area contributed by atoms with Gasteiger partial charge in [-0.05, 0) is 6.07 Å². The number of rotatable bonds is 0. The van der Waals surface area contributed by atoms with Crippen molar-refractivity contribution < 1.29 is 8.78 Å². The minimum absolute atomic E-state index is 0.529. The Hall–Kier alpha value is -1.65. The van der Waals surface area contributed by atoms with E-state index in [4.69, 9.17) is 22.1 Å². The number of nitrogens with zero attached hydrogens (tertiary/aromatic N) is 2. The van der Waals surface area contributed by atoms with Crippen LogP contribution in [0.15, 0.2) is 6.07 Å². The summed E-state index contributed by atoms with van der Waals surface area (Å²) in [5.74, 6) is -2.06. The van der Waals surface area contributed by atoms with E-state index in [-0.39, 0.29) is 0 Å². The fourth-order valence-corrected chi connectivity index (χ4v) is 0.963. The molecule has 0 atom stereocenters. The molecular formula is C8HClF2N2. The van der Waals surface area contributed by atoms with Gasteiger partial charge in [0, 0.05) is 0 Å². The monoisotopic (exact) mass is 198 g/mol. The molecule has 2 nitrogen and oxygen atoms in total. The maximum atomic E-state index is 13.0. The first kappa shape index (κ1) is 9.44. The molecule has 0 aliphatic heterocycles. The second-order valence-electron chi connectivity index (χ2n) is 2.13. The van der Waals surface area contributed by atoms with Crippen molar-refractivity contribution in [3.05, 3.63) is 33.9 Å². The van der Waals surface area contributed by atoms with Crippen LogP contribution in [-0.4, -0.2) is 0 Å². The zero-order chi connectivity index (χ0) is 10.0. The molecule has 0 saturated carbocycles. The number of nitriles is 2. The van der Waals surface area contributed by atoms with Gasteiger partial charge in [-0.3, -0.25) is 0 Å². The molecule has 0 aromatic heterocycles. The lowest BCUT2D eigenvalue weighted by atomic mass is 10.1. The normalized spacial score (nSPS) is 9.00. The number of hydrogen-bond donors (Lipinski definition) is 0. The molecule has 0 saturated heterocycles. The van der Waals surface area contributed by atoms with Gasteiger partial charge in [-0.15, -0.1) is 0 Å². The quantitative estimate of drug-likeness (QED) is 0.601. The Balaban J connectivity index is 3.63. The third kappa shape index (κ3) is 1.44. The minimum Gasteiger partial charge on any atom is -0.205 e. The average molecular weight is 199 g/mol. The van der Waals surface area contributed by atoms with Gasteiger partial charge in [-0.1, -0.05) is 11.6 Å². The van der Waals surface area contributed by atoms with Gasteiger partial charge in [0.25, 0.3) is 0 Å². The molecule has 0 bridgehead atoms. The van der Waals surface area contributed by atoms with E-state index >= 15 is 0 Å². The topological polar surface area (TPSA) is 47.6 Å². The van der Waals surface area contributed by atoms with E-state index in [1.165, 1.54) is 12.1 Å². The SMILES string of the molecule is N#Cc1cc(F)c(Cl)c(C#N)c1F. The van der Waals surface area contributed by atoms with E-state index in [0.29, 0.717) is 6.07 Å². The van der Waals surface area contributed by atoms with Crippen LogP contribution in [0, 0.1) is 34.3 Å². The smallest absolute Gasteiger partial charge is 0.160 e. The maximum Gasteiger partial charge on any atom is 0.160 e. The molecule has 0 unspecified atom stereocenters. The highest BCUT2D eigenvalue weighted by Crippen LogP contribution is 2.24. The Kier molecular flexibility index (Phi) is 2.46. The Morgan fingerprint density at radius 1 is 1.23 bits per heavy atom. The van der Waals surface area contributed by atoms with Gasteiger partial charge < -0.3 is 0 Å². The third-order valence-corrected chi connectivity index (χ3v) is 1.76. The van der Waals surface area contributed by atoms with Crippen molar-refractivity contribution in [3.8, 4) is 12.1 Å². The Morgan fingerprint density at radius 3 is 2.31 bits per heavy atom. The highest BCUT2D eigenvalue weighted by molar-refractivity contribution is 6.31. The van der Waals surface area contributed by atoms with E-state index in [2.05, 4.69) is 0 Å². The minimum atomic E-state index is -1.09. The van der Waals surface area contributed by atoms with Crippen LogP contribution in [0.25, 0.3) is 0 Å². The van der Waals surface area contributed by atoms with Crippen LogP contribution in [0.5, 0.6) is 0 Å². The largest absolute Gasteiger partial charge is 0.205 e. The van der Waals surface area contributed by atoms with Crippen molar-refractivity contribution in [3.63, 3.8) is 0 Å². The summed E-state index contributed by atoms with van der Waals surface area (Å²) in [7, 11) is 0. The van der Waals surface area contributed by atoms with E-state index < -0.39 is 27.8 Å². The molecule has 13 heavy (non-hydrogen) atoms. The second-order valence-corrected chi connectivity index (χ2v) is 2.51. The van der Waals surface area contributed by atoms with Gasteiger partial charge in [0.1, 0.15) is 23.5 Å². The van der Waals surface area contributed by atoms with Gasteiger partial charge in [0.05, 0.1) is 10.6 Å². The second kappa shape index (κ2) is 3.38. The van der Waals surface area contributed by atoms with Gasteiger partial charge in [0.15, 0.2) is 5.82 Å². The summed E-state index contributed by atoms with van der Waals surface area (Å²) in [6.45, 7) is 0. The van der Waals surface area contributed by atoms with Crippen LogP contribution in [0.2, 0.25) is 5.02 Å². The summed E-state index contributed by atoms with van der Waals surface area (Å²) < 4.78 is 25.8. The van der Waals surface area contributed by atoms with Crippen LogP contribution in [0.4, 0.5) is 8.78 Å². The van der Waals surface area contributed by atoms with E-state index in [1.807, 2.05) is 0 Å². The number of benzene rings is 1. The Bertz CT molecular complexity index is 443. The molecule has 0 spiro atoms. The summed E-state index contributed by atoms with van der Waals surface area (Å²) in [5.41, 5.74) is -1.17.